The van der Waals surface area contributed by atoms with E-state index in [1.165, 1.54) is 23.8 Å². The van der Waals surface area contributed by atoms with Crippen LogP contribution in [0.3, 0.4) is 0 Å². The quantitative estimate of drug-likeness (QED) is 0.853. The molecule has 0 aliphatic heterocycles. The first-order chi connectivity index (χ1) is 10.0. The monoisotopic (exact) mass is 303 g/mol. The minimum Gasteiger partial charge on any atom is -0.465 e. The lowest BCUT2D eigenvalue weighted by Gasteiger charge is -2.12. The zero-order valence-electron chi connectivity index (χ0n) is 12.4. The SMILES string of the molecule is COC(=O)c1ccc(Cl)c(NCc2cc(C)ccc2C)c1. The van der Waals surface area contributed by atoms with Crippen LogP contribution >= 0.6 is 11.6 Å². The van der Waals surface area contributed by atoms with Gasteiger partial charge in [-0.05, 0) is 43.2 Å². The molecule has 0 atom stereocenters. The van der Waals surface area contributed by atoms with Crippen molar-refractivity contribution in [2.45, 2.75) is 20.4 Å². The van der Waals surface area contributed by atoms with E-state index in [1.807, 2.05) is 0 Å². The van der Waals surface area contributed by atoms with Gasteiger partial charge in [-0.1, -0.05) is 35.4 Å². The molecule has 0 bridgehead atoms. The molecule has 0 saturated carbocycles. The second-order valence-corrected chi connectivity index (χ2v) is 5.38. The summed E-state index contributed by atoms with van der Waals surface area (Å²) in [5.41, 5.74) is 4.83. The fourth-order valence-electron chi connectivity index (χ4n) is 2.09. The number of benzene rings is 2. The predicted octanol–water partition coefficient (Wildman–Crippen LogP) is 4.36. The van der Waals surface area contributed by atoms with E-state index in [1.54, 1.807) is 18.2 Å². The highest BCUT2D eigenvalue weighted by Crippen LogP contribution is 2.24. The maximum Gasteiger partial charge on any atom is 0.337 e. The van der Waals surface area contributed by atoms with Gasteiger partial charge in [0.2, 0.25) is 0 Å². The first kappa shape index (κ1) is 15.4. The molecule has 4 heteroatoms. The Kier molecular flexibility index (Phi) is 4.86. The molecular weight excluding hydrogens is 286 g/mol. The Morgan fingerprint density at radius 1 is 1.19 bits per heavy atom. The molecule has 0 saturated heterocycles. The summed E-state index contributed by atoms with van der Waals surface area (Å²) in [5.74, 6) is -0.374. The molecule has 0 radical (unpaired) electrons. The number of rotatable bonds is 4. The van der Waals surface area contributed by atoms with Gasteiger partial charge in [0.1, 0.15) is 0 Å². The van der Waals surface area contributed by atoms with Crippen molar-refractivity contribution in [1.82, 2.24) is 0 Å². The van der Waals surface area contributed by atoms with E-state index >= 15 is 0 Å². The van der Waals surface area contributed by atoms with Crippen LogP contribution in [-0.2, 0) is 11.3 Å². The molecular formula is C17H18ClNO2. The number of ether oxygens (including phenoxy) is 1. The minimum atomic E-state index is -0.374. The third-order valence-electron chi connectivity index (χ3n) is 3.36. The topological polar surface area (TPSA) is 38.3 Å². The van der Waals surface area contributed by atoms with Gasteiger partial charge in [-0.2, -0.15) is 0 Å². The Morgan fingerprint density at radius 3 is 2.67 bits per heavy atom. The van der Waals surface area contributed by atoms with Crippen LogP contribution in [0.15, 0.2) is 36.4 Å². The van der Waals surface area contributed by atoms with Crippen molar-refractivity contribution in [3.05, 3.63) is 63.7 Å². The van der Waals surface area contributed by atoms with Gasteiger partial charge >= 0.3 is 5.97 Å². The third kappa shape index (κ3) is 3.76. The van der Waals surface area contributed by atoms with Crippen LogP contribution in [0.4, 0.5) is 5.69 Å². The molecule has 0 aliphatic rings. The van der Waals surface area contributed by atoms with Crippen molar-refractivity contribution >= 4 is 23.3 Å². The number of anilines is 1. The largest absolute Gasteiger partial charge is 0.465 e. The lowest BCUT2D eigenvalue weighted by molar-refractivity contribution is 0.0601. The summed E-state index contributed by atoms with van der Waals surface area (Å²) >= 11 is 6.17. The second kappa shape index (κ2) is 6.64. The van der Waals surface area contributed by atoms with Crippen molar-refractivity contribution in [3.63, 3.8) is 0 Å². The molecule has 0 unspecified atom stereocenters. The number of carbonyl (C=O) groups excluding carboxylic acids is 1. The Labute approximate surface area is 129 Å². The highest BCUT2D eigenvalue weighted by atomic mass is 35.5. The van der Waals surface area contributed by atoms with E-state index in [-0.39, 0.29) is 5.97 Å². The first-order valence-electron chi connectivity index (χ1n) is 6.69. The molecule has 1 N–H and O–H groups in total. The molecule has 110 valence electrons. The minimum absolute atomic E-state index is 0.374. The molecule has 2 rings (SSSR count). The molecule has 0 spiro atoms. The summed E-state index contributed by atoms with van der Waals surface area (Å²) in [6, 6.07) is 11.4. The number of carbonyl (C=O) groups is 1. The second-order valence-electron chi connectivity index (χ2n) is 4.97. The molecule has 21 heavy (non-hydrogen) atoms. The van der Waals surface area contributed by atoms with Gasteiger partial charge in [0.25, 0.3) is 0 Å². The Bertz CT molecular complexity index is 668. The number of nitrogens with one attached hydrogen (secondary N) is 1. The number of hydrogen-bond acceptors (Lipinski definition) is 3. The average Bonchev–Trinajstić information content (AvgIpc) is 2.48. The number of hydrogen-bond donors (Lipinski definition) is 1. The van der Waals surface area contributed by atoms with Crippen LogP contribution in [0.25, 0.3) is 0 Å². The van der Waals surface area contributed by atoms with Gasteiger partial charge in [-0.15, -0.1) is 0 Å². The Hall–Kier alpha value is -2.00. The van der Waals surface area contributed by atoms with Gasteiger partial charge in [0, 0.05) is 6.54 Å². The van der Waals surface area contributed by atoms with Crippen molar-refractivity contribution in [3.8, 4) is 0 Å². The van der Waals surface area contributed by atoms with Gasteiger partial charge in [0.15, 0.2) is 0 Å². The third-order valence-corrected chi connectivity index (χ3v) is 3.69. The molecule has 3 nitrogen and oxygen atoms in total. The first-order valence-corrected chi connectivity index (χ1v) is 7.07. The standard InChI is InChI=1S/C17H18ClNO2/c1-11-4-5-12(2)14(8-11)10-19-16-9-13(17(20)21-3)6-7-15(16)18/h4-9,19H,10H2,1-3H3. The molecule has 0 amide bonds. The van der Waals surface area contributed by atoms with Crippen LogP contribution in [0.2, 0.25) is 5.02 Å². The van der Waals surface area contributed by atoms with Gasteiger partial charge in [-0.25, -0.2) is 4.79 Å². The molecule has 0 fully saturated rings. The molecule has 2 aromatic rings. The smallest absolute Gasteiger partial charge is 0.337 e. The number of aryl methyl sites for hydroxylation is 2. The predicted molar refractivity (Wildman–Crippen MR) is 86.0 cm³/mol. The lowest BCUT2D eigenvalue weighted by atomic mass is 10.1. The lowest BCUT2D eigenvalue weighted by Crippen LogP contribution is -2.05. The van der Waals surface area contributed by atoms with Crippen molar-refractivity contribution < 1.29 is 9.53 Å². The molecule has 0 heterocycles. The summed E-state index contributed by atoms with van der Waals surface area (Å²) in [4.78, 5) is 11.6. The van der Waals surface area contributed by atoms with Crippen LogP contribution in [-0.4, -0.2) is 13.1 Å². The average molecular weight is 304 g/mol. The van der Waals surface area contributed by atoms with Gasteiger partial charge in [-0.3, -0.25) is 0 Å². The molecule has 0 aromatic heterocycles. The van der Waals surface area contributed by atoms with E-state index in [9.17, 15) is 4.79 Å². The molecule has 2 aromatic carbocycles. The van der Waals surface area contributed by atoms with Crippen LogP contribution < -0.4 is 5.32 Å². The van der Waals surface area contributed by atoms with E-state index in [0.717, 1.165) is 5.69 Å². The fourth-order valence-corrected chi connectivity index (χ4v) is 2.27. The van der Waals surface area contributed by atoms with Crippen molar-refractivity contribution in [2.24, 2.45) is 0 Å². The van der Waals surface area contributed by atoms with Gasteiger partial charge < -0.3 is 10.1 Å². The van der Waals surface area contributed by atoms with Crippen LogP contribution in [0.5, 0.6) is 0 Å². The highest BCUT2D eigenvalue weighted by molar-refractivity contribution is 6.33. The van der Waals surface area contributed by atoms with Crippen molar-refractivity contribution in [2.75, 3.05) is 12.4 Å². The zero-order valence-corrected chi connectivity index (χ0v) is 13.1. The summed E-state index contributed by atoms with van der Waals surface area (Å²) < 4.78 is 4.72. The van der Waals surface area contributed by atoms with Gasteiger partial charge in [0.05, 0.1) is 23.4 Å². The van der Waals surface area contributed by atoms with E-state index in [0.29, 0.717) is 17.1 Å². The number of halogens is 1. The molecule has 0 aliphatic carbocycles. The van der Waals surface area contributed by atoms with Crippen LogP contribution in [0, 0.1) is 13.8 Å². The Morgan fingerprint density at radius 2 is 1.95 bits per heavy atom. The summed E-state index contributed by atoms with van der Waals surface area (Å²) in [5, 5.41) is 3.85. The summed E-state index contributed by atoms with van der Waals surface area (Å²) in [6.07, 6.45) is 0. The fraction of sp³-hybridized carbons (Fsp3) is 0.235. The van der Waals surface area contributed by atoms with Crippen LogP contribution in [0.1, 0.15) is 27.0 Å². The zero-order chi connectivity index (χ0) is 15.4. The maximum atomic E-state index is 11.6. The number of methoxy groups -OCH3 is 1. The Balaban J connectivity index is 2.19. The van der Waals surface area contributed by atoms with Crippen molar-refractivity contribution in [1.29, 1.82) is 0 Å². The van der Waals surface area contributed by atoms with E-state index < -0.39 is 0 Å². The maximum absolute atomic E-state index is 11.6. The summed E-state index contributed by atoms with van der Waals surface area (Å²) in [7, 11) is 1.36. The van der Waals surface area contributed by atoms with E-state index in [4.69, 9.17) is 16.3 Å². The van der Waals surface area contributed by atoms with E-state index in [2.05, 4.69) is 37.4 Å². The highest BCUT2D eigenvalue weighted by Gasteiger charge is 2.09. The number of esters is 1. The summed E-state index contributed by atoms with van der Waals surface area (Å²) in [6.45, 7) is 4.79. The normalized spacial score (nSPS) is 10.3.